The standard InChI is InChI=1S/C10H16N/c1-4-11(2,3)10-8-6-5-7-9-10/h5-9H,4H2,1-3H3/q+1. The number of rotatable bonds is 2. The average Bonchev–Trinajstić information content (AvgIpc) is 2.06. The van der Waals surface area contributed by atoms with Crippen LogP contribution in [0.15, 0.2) is 30.3 Å². The lowest BCUT2D eigenvalue weighted by molar-refractivity contribution is 0.421. The van der Waals surface area contributed by atoms with Crippen LogP contribution < -0.4 is 4.48 Å². The topological polar surface area (TPSA) is 0 Å². The van der Waals surface area contributed by atoms with Gasteiger partial charge in [-0.05, 0) is 19.1 Å². The number of nitrogens with zero attached hydrogens (tertiary/aromatic N) is 1. The molecule has 0 bridgehead atoms. The molecule has 0 aliphatic carbocycles. The van der Waals surface area contributed by atoms with E-state index in [0.717, 1.165) is 11.0 Å². The fourth-order valence-electron chi connectivity index (χ4n) is 1.01. The zero-order valence-electron chi connectivity index (χ0n) is 7.54. The van der Waals surface area contributed by atoms with Crippen LogP contribution in [0.2, 0.25) is 0 Å². The molecule has 0 saturated carbocycles. The molecule has 0 amide bonds. The van der Waals surface area contributed by atoms with Gasteiger partial charge in [0.25, 0.3) is 0 Å². The van der Waals surface area contributed by atoms with Crippen molar-refractivity contribution in [2.45, 2.75) is 6.92 Å². The van der Waals surface area contributed by atoms with Crippen LogP contribution in [-0.2, 0) is 0 Å². The van der Waals surface area contributed by atoms with Gasteiger partial charge in [-0.1, -0.05) is 18.2 Å². The maximum atomic E-state index is 2.22. The molecular weight excluding hydrogens is 134 g/mol. The van der Waals surface area contributed by atoms with Gasteiger partial charge in [0.1, 0.15) is 5.69 Å². The van der Waals surface area contributed by atoms with E-state index in [-0.39, 0.29) is 0 Å². The molecule has 0 heterocycles. The van der Waals surface area contributed by atoms with Crippen LogP contribution in [0.25, 0.3) is 0 Å². The van der Waals surface area contributed by atoms with Crippen molar-refractivity contribution < 1.29 is 0 Å². The molecule has 0 atom stereocenters. The lowest BCUT2D eigenvalue weighted by Crippen LogP contribution is -2.39. The summed E-state index contributed by atoms with van der Waals surface area (Å²) in [7, 11) is 4.44. The van der Waals surface area contributed by atoms with Gasteiger partial charge in [-0.3, -0.25) is 4.48 Å². The van der Waals surface area contributed by atoms with Gasteiger partial charge in [0.2, 0.25) is 0 Å². The van der Waals surface area contributed by atoms with Crippen LogP contribution in [0, 0.1) is 0 Å². The minimum absolute atomic E-state index is 0.959. The van der Waals surface area contributed by atoms with Crippen LogP contribution >= 0.6 is 0 Å². The second-order valence-corrected chi connectivity index (χ2v) is 3.34. The lowest BCUT2D eigenvalue weighted by atomic mass is 10.2. The first-order valence-corrected chi connectivity index (χ1v) is 4.05. The molecule has 1 heteroatoms. The molecule has 0 unspecified atom stereocenters. The summed E-state index contributed by atoms with van der Waals surface area (Å²) >= 11 is 0. The smallest absolute Gasteiger partial charge is 0.132 e. The van der Waals surface area contributed by atoms with Crippen LogP contribution in [0.3, 0.4) is 0 Å². The summed E-state index contributed by atoms with van der Waals surface area (Å²) in [5, 5.41) is 0. The molecule has 1 aromatic rings. The van der Waals surface area contributed by atoms with Crippen LogP contribution in [0.1, 0.15) is 6.92 Å². The van der Waals surface area contributed by atoms with Gasteiger partial charge >= 0.3 is 0 Å². The average molecular weight is 150 g/mol. The van der Waals surface area contributed by atoms with Crippen molar-refractivity contribution in [2.75, 3.05) is 20.6 Å². The first-order valence-electron chi connectivity index (χ1n) is 4.05. The lowest BCUT2D eigenvalue weighted by Gasteiger charge is -2.27. The highest BCUT2D eigenvalue weighted by Crippen LogP contribution is 2.16. The van der Waals surface area contributed by atoms with E-state index < -0.39 is 0 Å². The van der Waals surface area contributed by atoms with Gasteiger partial charge in [-0.25, -0.2) is 0 Å². The van der Waals surface area contributed by atoms with E-state index in [1.54, 1.807) is 0 Å². The van der Waals surface area contributed by atoms with Gasteiger partial charge in [-0.2, -0.15) is 0 Å². The van der Waals surface area contributed by atoms with E-state index in [2.05, 4.69) is 51.4 Å². The van der Waals surface area contributed by atoms with E-state index in [1.807, 2.05) is 0 Å². The van der Waals surface area contributed by atoms with Crippen molar-refractivity contribution in [1.29, 1.82) is 0 Å². The maximum absolute atomic E-state index is 2.22. The Kier molecular flexibility index (Phi) is 2.30. The molecular formula is C10H16N+. The van der Waals surface area contributed by atoms with Crippen molar-refractivity contribution in [3.8, 4) is 0 Å². The molecule has 11 heavy (non-hydrogen) atoms. The fourth-order valence-corrected chi connectivity index (χ4v) is 1.01. The van der Waals surface area contributed by atoms with Crippen LogP contribution in [0.4, 0.5) is 5.69 Å². The van der Waals surface area contributed by atoms with Crippen molar-refractivity contribution in [1.82, 2.24) is 4.48 Å². The minimum Gasteiger partial charge on any atom is -0.296 e. The minimum atomic E-state index is 0.959. The van der Waals surface area contributed by atoms with Gasteiger partial charge in [0.05, 0.1) is 20.6 Å². The molecule has 0 N–H and O–H groups in total. The monoisotopic (exact) mass is 150 g/mol. The molecule has 1 nitrogen and oxygen atoms in total. The maximum Gasteiger partial charge on any atom is 0.132 e. The van der Waals surface area contributed by atoms with Gasteiger partial charge in [-0.15, -0.1) is 0 Å². The fraction of sp³-hybridized carbons (Fsp3) is 0.400. The van der Waals surface area contributed by atoms with Gasteiger partial charge in [0, 0.05) is 0 Å². The summed E-state index contributed by atoms with van der Waals surface area (Å²) in [4.78, 5) is 0. The predicted molar refractivity (Wildman–Crippen MR) is 50.6 cm³/mol. The van der Waals surface area contributed by atoms with Gasteiger partial charge < -0.3 is 0 Å². The quantitative estimate of drug-likeness (QED) is 0.567. The molecule has 0 spiro atoms. The summed E-state index contributed by atoms with van der Waals surface area (Å²) in [6, 6.07) is 10.6. The highest BCUT2D eigenvalue weighted by Gasteiger charge is 2.13. The van der Waals surface area contributed by atoms with E-state index in [0.29, 0.717) is 0 Å². The summed E-state index contributed by atoms with van der Waals surface area (Å²) in [5.41, 5.74) is 1.37. The Morgan fingerprint density at radius 1 is 1.09 bits per heavy atom. The molecule has 0 fully saturated rings. The van der Waals surface area contributed by atoms with Crippen molar-refractivity contribution >= 4 is 5.69 Å². The number of quaternary nitrogens is 1. The second kappa shape index (κ2) is 3.05. The van der Waals surface area contributed by atoms with Crippen LogP contribution in [-0.4, -0.2) is 20.6 Å². The zero-order chi connectivity index (χ0) is 8.32. The summed E-state index contributed by atoms with van der Waals surface area (Å²) in [6.45, 7) is 3.33. The molecule has 0 aromatic heterocycles. The first kappa shape index (κ1) is 8.28. The first-order chi connectivity index (χ1) is 5.17. The zero-order valence-corrected chi connectivity index (χ0v) is 7.54. The highest BCUT2D eigenvalue weighted by atomic mass is 15.3. The third-order valence-electron chi connectivity index (χ3n) is 2.25. The largest absolute Gasteiger partial charge is 0.296 e. The Morgan fingerprint density at radius 2 is 1.64 bits per heavy atom. The second-order valence-electron chi connectivity index (χ2n) is 3.34. The molecule has 0 saturated heterocycles. The Morgan fingerprint density at radius 3 is 2.09 bits per heavy atom. The van der Waals surface area contributed by atoms with Gasteiger partial charge in [0.15, 0.2) is 0 Å². The number of benzene rings is 1. The number of hydrogen-bond donors (Lipinski definition) is 0. The predicted octanol–water partition coefficient (Wildman–Crippen LogP) is 2.27. The van der Waals surface area contributed by atoms with Crippen LogP contribution in [0.5, 0.6) is 0 Å². The summed E-state index contributed by atoms with van der Waals surface area (Å²) < 4.78 is 0.959. The van der Waals surface area contributed by atoms with Crippen molar-refractivity contribution in [3.05, 3.63) is 30.3 Å². The molecule has 1 rings (SSSR count). The molecule has 0 aliphatic heterocycles. The van der Waals surface area contributed by atoms with E-state index in [9.17, 15) is 0 Å². The molecule has 60 valence electrons. The molecule has 1 aromatic carbocycles. The summed E-state index contributed by atoms with van der Waals surface area (Å²) in [6.07, 6.45) is 0. The van der Waals surface area contributed by atoms with E-state index >= 15 is 0 Å². The van der Waals surface area contributed by atoms with Crippen molar-refractivity contribution in [3.63, 3.8) is 0 Å². The molecule has 0 radical (unpaired) electrons. The number of hydrogen-bond acceptors (Lipinski definition) is 0. The van der Waals surface area contributed by atoms with E-state index in [1.165, 1.54) is 5.69 Å². The Hall–Kier alpha value is -0.820. The van der Waals surface area contributed by atoms with E-state index in [4.69, 9.17) is 0 Å². The normalized spacial score (nSPS) is 11.5. The highest BCUT2D eigenvalue weighted by molar-refractivity contribution is 5.40. The Balaban J connectivity index is 2.93. The Bertz CT molecular complexity index is 214. The third kappa shape index (κ3) is 1.81. The third-order valence-corrected chi connectivity index (χ3v) is 2.25. The SMILES string of the molecule is CC[N+](C)(C)c1ccccc1. The van der Waals surface area contributed by atoms with Crippen molar-refractivity contribution in [2.24, 2.45) is 0 Å². The molecule has 0 aliphatic rings. The Labute approximate surface area is 68.9 Å². The summed E-state index contributed by atoms with van der Waals surface area (Å²) in [5.74, 6) is 0. The number of para-hydroxylation sites is 1.